The van der Waals surface area contributed by atoms with Crippen LogP contribution in [0.4, 0.5) is 0 Å². The van der Waals surface area contributed by atoms with Gasteiger partial charge in [0, 0.05) is 25.0 Å². The standard InChI is InChI=1S/C19H26N2O3/c1-12(2)14-5-6-16(17(22)11-14)19(24)21-9-7-15(8-10-21)20-18(23)13-3-4-13/h5-6,11-13,15,22H,3-4,7-10H2,1-2H3,(H,20,23). The smallest absolute Gasteiger partial charge is 0.257 e. The highest BCUT2D eigenvalue weighted by Crippen LogP contribution is 2.29. The molecule has 0 spiro atoms. The number of benzene rings is 1. The third-order valence-corrected chi connectivity index (χ3v) is 5.00. The first-order valence-corrected chi connectivity index (χ1v) is 8.88. The predicted octanol–water partition coefficient (Wildman–Crippen LogP) is 2.65. The molecule has 0 unspecified atom stereocenters. The highest BCUT2D eigenvalue weighted by Gasteiger charge is 2.32. The van der Waals surface area contributed by atoms with Crippen LogP contribution in [0, 0.1) is 5.92 Å². The molecule has 5 heteroatoms. The summed E-state index contributed by atoms with van der Waals surface area (Å²) in [5.41, 5.74) is 1.38. The lowest BCUT2D eigenvalue weighted by atomic mass is 9.99. The molecule has 24 heavy (non-hydrogen) atoms. The number of aromatic hydroxyl groups is 1. The maximum atomic E-state index is 12.6. The molecule has 1 aliphatic heterocycles. The van der Waals surface area contributed by atoms with Crippen molar-refractivity contribution in [2.75, 3.05) is 13.1 Å². The van der Waals surface area contributed by atoms with Crippen molar-refractivity contribution in [2.24, 2.45) is 5.92 Å². The third-order valence-electron chi connectivity index (χ3n) is 5.00. The van der Waals surface area contributed by atoms with Crippen LogP contribution in [0.25, 0.3) is 0 Å². The van der Waals surface area contributed by atoms with E-state index in [0.717, 1.165) is 31.2 Å². The van der Waals surface area contributed by atoms with Crippen LogP contribution in [0.5, 0.6) is 5.75 Å². The van der Waals surface area contributed by atoms with Crippen LogP contribution >= 0.6 is 0 Å². The molecule has 1 saturated heterocycles. The van der Waals surface area contributed by atoms with E-state index < -0.39 is 0 Å². The fourth-order valence-electron chi connectivity index (χ4n) is 3.15. The van der Waals surface area contributed by atoms with E-state index in [9.17, 15) is 14.7 Å². The SMILES string of the molecule is CC(C)c1ccc(C(=O)N2CCC(NC(=O)C3CC3)CC2)c(O)c1. The van der Waals surface area contributed by atoms with Crippen LogP contribution in [0.2, 0.25) is 0 Å². The Labute approximate surface area is 143 Å². The number of amides is 2. The second-order valence-corrected chi connectivity index (χ2v) is 7.28. The van der Waals surface area contributed by atoms with Gasteiger partial charge in [-0.1, -0.05) is 19.9 Å². The zero-order chi connectivity index (χ0) is 17.3. The Bertz CT molecular complexity index is 629. The van der Waals surface area contributed by atoms with Crippen molar-refractivity contribution in [3.63, 3.8) is 0 Å². The molecule has 1 heterocycles. The molecular formula is C19H26N2O3. The lowest BCUT2D eigenvalue weighted by Crippen LogP contribution is -2.46. The molecule has 0 bridgehead atoms. The Hall–Kier alpha value is -2.04. The minimum Gasteiger partial charge on any atom is -0.507 e. The summed E-state index contributed by atoms with van der Waals surface area (Å²) in [6.07, 6.45) is 3.56. The number of nitrogens with one attached hydrogen (secondary N) is 1. The predicted molar refractivity (Wildman–Crippen MR) is 92.0 cm³/mol. The Balaban J connectivity index is 1.57. The normalized spacial score (nSPS) is 18.7. The largest absolute Gasteiger partial charge is 0.507 e. The molecule has 1 aromatic rings. The van der Waals surface area contributed by atoms with Gasteiger partial charge < -0.3 is 15.3 Å². The fraction of sp³-hybridized carbons (Fsp3) is 0.579. The van der Waals surface area contributed by atoms with Gasteiger partial charge in [-0.3, -0.25) is 9.59 Å². The van der Waals surface area contributed by atoms with Crippen LogP contribution in [0.15, 0.2) is 18.2 Å². The number of phenolic OH excluding ortho intramolecular Hbond substituents is 1. The molecule has 1 saturated carbocycles. The first-order valence-electron chi connectivity index (χ1n) is 8.88. The van der Waals surface area contributed by atoms with Gasteiger partial charge in [-0.2, -0.15) is 0 Å². The van der Waals surface area contributed by atoms with Crippen LogP contribution in [-0.4, -0.2) is 41.0 Å². The molecule has 2 fully saturated rings. The Morgan fingerprint density at radius 1 is 1.17 bits per heavy atom. The van der Waals surface area contributed by atoms with E-state index in [-0.39, 0.29) is 29.5 Å². The van der Waals surface area contributed by atoms with E-state index in [1.807, 2.05) is 6.07 Å². The van der Waals surface area contributed by atoms with E-state index in [1.54, 1.807) is 17.0 Å². The van der Waals surface area contributed by atoms with Crippen molar-refractivity contribution in [1.82, 2.24) is 10.2 Å². The van der Waals surface area contributed by atoms with Crippen LogP contribution < -0.4 is 5.32 Å². The third kappa shape index (κ3) is 3.71. The van der Waals surface area contributed by atoms with E-state index in [2.05, 4.69) is 19.2 Å². The molecule has 2 amide bonds. The molecule has 0 aromatic heterocycles. The number of carbonyl (C=O) groups excluding carboxylic acids is 2. The summed E-state index contributed by atoms with van der Waals surface area (Å²) in [6, 6.07) is 5.47. The van der Waals surface area contributed by atoms with Crippen LogP contribution in [-0.2, 0) is 4.79 Å². The second-order valence-electron chi connectivity index (χ2n) is 7.28. The van der Waals surface area contributed by atoms with Gasteiger partial charge in [-0.25, -0.2) is 0 Å². The number of piperidine rings is 1. The minimum absolute atomic E-state index is 0.0513. The Kier molecular flexibility index (Phi) is 4.78. The second kappa shape index (κ2) is 6.83. The summed E-state index contributed by atoms with van der Waals surface area (Å²) in [5.74, 6) is 0.624. The first kappa shape index (κ1) is 16.8. The van der Waals surface area contributed by atoms with Gasteiger partial charge in [-0.05, 0) is 49.3 Å². The van der Waals surface area contributed by atoms with Crippen molar-refractivity contribution in [2.45, 2.75) is 51.5 Å². The van der Waals surface area contributed by atoms with Crippen molar-refractivity contribution >= 4 is 11.8 Å². The number of hydrogen-bond acceptors (Lipinski definition) is 3. The number of phenols is 1. The van der Waals surface area contributed by atoms with Crippen molar-refractivity contribution in [3.8, 4) is 5.75 Å². The molecule has 0 atom stereocenters. The van der Waals surface area contributed by atoms with Crippen molar-refractivity contribution in [3.05, 3.63) is 29.3 Å². The van der Waals surface area contributed by atoms with Gasteiger partial charge in [0.05, 0.1) is 5.56 Å². The maximum absolute atomic E-state index is 12.6. The molecule has 130 valence electrons. The highest BCUT2D eigenvalue weighted by molar-refractivity contribution is 5.97. The lowest BCUT2D eigenvalue weighted by Gasteiger charge is -2.32. The number of hydrogen-bond donors (Lipinski definition) is 2. The molecular weight excluding hydrogens is 304 g/mol. The summed E-state index contributed by atoms with van der Waals surface area (Å²) in [4.78, 5) is 26.2. The quantitative estimate of drug-likeness (QED) is 0.892. The number of nitrogens with zero attached hydrogens (tertiary/aromatic N) is 1. The van der Waals surface area contributed by atoms with E-state index in [0.29, 0.717) is 24.6 Å². The Morgan fingerprint density at radius 3 is 2.38 bits per heavy atom. The minimum atomic E-state index is -0.130. The van der Waals surface area contributed by atoms with Crippen molar-refractivity contribution < 1.29 is 14.7 Å². The summed E-state index contributed by atoms with van der Waals surface area (Å²) in [6.45, 7) is 5.33. The van der Waals surface area contributed by atoms with Crippen LogP contribution in [0.3, 0.4) is 0 Å². The van der Waals surface area contributed by atoms with E-state index >= 15 is 0 Å². The summed E-state index contributed by atoms with van der Waals surface area (Å²) in [7, 11) is 0. The van der Waals surface area contributed by atoms with Gasteiger partial charge in [0.2, 0.25) is 5.91 Å². The number of likely N-dealkylation sites (tertiary alicyclic amines) is 1. The highest BCUT2D eigenvalue weighted by atomic mass is 16.3. The van der Waals surface area contributed by atoms with E-state index in [4.69, 9.17) is 0 Å². The van der Waals surface area contributed by atoms with Gasteiger partial charge in [0.25, 0.3) is 5.91 Å². The zero-order valence-electron chi connectivity index (χ0n) is 14.4. The molecule has 2 N–H and O–H groups in total. The average Bonchev–Trinajstić information content (AvgIpc) is 3.39. The lowest BCUT2D eigenvalue weighted by molar-refractivity contribution is -0.123. The van der Waals surface area contributed by atoms with Crippen LogP contribution in [0.1, 0.15) is 61.4 Å². The topological polar surface area (TPSA) is 69.6 Å². The summed E-state index contributed by atoms with van der Waals surface area (Å²) in [5, 5.41) is 13.3. The zero-order valence-corrected chi connectivity index (χ0v) is 14.4. The monoisotopic (exact) mass is 330 g/mol. The molecule has 3 rings (SSSR count). The van der Waals surface area contributed by atoms with Gasteiger partial charge in [0.15, 0.2) is 0 Å². The molecule has 1 aromatic carbocycles. The van der Waals surface area contributed by atoms with Gasteiger partial charge in [-0.15, -0.1) is 0 Å². The molecule has 1 aliphatic carbocycles. The Morgan fingerprint density at radius 2 is 1.83 bits per heavy atom. The maximum Gasteiger partial charge on any atom is 0.257 e. The fourth-order valence-corrected chi connectivity index (χ4v) is 3.15. The summed E-state index contributed by atoms with van der Waals surface area (Å²) >= 11 is 0. The molecule has 2 aliphatic rings. The number of rotatable bonds is 4. The van der Waals surface area contributed by atoms with Gasteiger partial charge in [0.1, 0.15) is 5.75 Å². The van der Waals surface area contributed by atoms with Crippen molar-refractivity contribution in [1.29, 1.82) is 0 Å². The molecule has 0 radical (unpaired) electrons. The first-order chi connectivity index (χ1) is 11.5. The summed E-state index contributed by atoms with van der Waals surface area (Å²) < 4.78 is 0. The van der Waals surface area contributed by atoms with Gasteiger partial charge >= 0.3 is 0 Å². The van der Waals surface area contributed by atoms with E-state index in [1.165, 1.54) is 0 Å². The molecule has 5 nitrogen and oxygen atoms in total. The number of carbonyl (C=O) groups is 2. The average molecular weight is 330 g/mol.